The largest absolute Gasteiger partial charge is 0.388 e. The first-order valence-corrected chi connectivity index (χ1v) is 6.61. The number of imidazole rings is 1. The molecule has 1 aliphatic carbocycles. The predicted octanol–water partition coefficient (Wildman–Crippen LogP) is 0.356. The summed E-state index contributed by atoms with van der Waals surface area (Å²) in [5.41, 5.74) is 5.01. The minimum Gasteiger partial charge on any atom is -0.388 e. The summed E-state index contributed by atoms with van der Waals surface area (Å²) in [6.45, 7) is 0.416. The van der Waals surface area contributed by atoms with Crippen molar-refractivity contribution in [3.63, 3.8) is 0 Å². The molecule has 0 bridgehead atoms. The fourth-order valence-electron chi connectivity index (χ4n) is 2.41. The first-order valence-electron chi connectivity index (χ1n) is 6.61. The van der Waals surface area contributed by atoms with E-state index in [1.807, 2.05) is 0 Å². The Balaban J connectivity index is 1.76. The van der Waals surface area contributed by atoms with Crippen LogP contribution in [0.3, 0.4) is 0 Å². The van der Waals surface area contributed by atoms with Crippen molar-refractivity contribution < 1.29 is 5.11 Å². The van der Waals surface area contributed by atoms with E-state index in [2.05, 4.69) is 25.3 Å². The van der Waals surface area contributed by atoms with Crippen LogP contribution in [0.1, 0.15) is 25.7 Å². The third-order valence-corrected chi connectivity index (χ3v) is 3.49. The molecule has 8 nitrogen and oxygen atoms in total. The van der Waals surface area contributed by atoms with E-state index < -0.39 is 5.60 Å². The second-order valence-corrected chi connectivity index (χ2v) is 5.07. The van der Waals surface area contributed by atoms with Gasteiger partial charge in [-0.05, 0) is 12.8 Å². The van der Waals surface area contributed by atoms with Crippen LogP contribution < -0.4 is 11.1 Å². The molecule has 1 aliphatic rings. The molecule has 0 saturated heterocycles. The molecular weight excluding hydrogens is 258 g/mol. The Morgan fingerprint density at radius 2 is 2.10 bits per heavy atom. The first kappa shape index (κ1) is 12.8. The minimum atomic E-state index is -0.670. The fourth-order valence-corrected chi connectivity index (χ4v) is 2.41. The number of aromatic nitrogens is 5. The Labute approximate surface area is 116 Å². The Kier molecular flexibility index (Phi) is 3.23. The van der Waals surface area contributed by atoms with Gasteiger partial charge in [0.05, 0.1) is 5.60 Å². The number of nitrogens with zero attached hydrogens (tertiary/aromatic N) is 5. The second kappa shape index (κ2) is 5.04. The van der Waals surface area contributed by atoms with E-state index in [0.29, 0.717) is 18.4 Å². The lowest BCUT2D eigenvalue weighted by Gasteiger charge is -2.22. The van der Waals surface area contributed by atoms with Crippen molar-refractivity contribution in [3.8, 4) is 5.95 Å². The molecule has 4 N–H and O–H groups in total. The second-order valence-electron chi connectivity index (χ2n) is 5.07. The maximum atomic E-state index is 10.3. The third kappa shape index (κ3) is 2.69. The Hall–Kier alpha value is -2.22. The summed E-state index contributed by atoms with van der Waals surface area (Å²) < 4.78 is 1.65. The molecule has 20 heavy (non-hydrogen) atoms. The van der Waals surface area contributed by atoms with E-state index in [-0.39, 0.29) is 5.95 Å². The molecule has 2 aromatic heterocycles. The molecule has 2 heterocycles. The number of nitrogens with one attached hydrogen (secondary N) is 1. The van der Waals surface area contributed by atoms with Crippen LogP contribution in [0.15, 0.2) is 18.7 Å². The molecule has 0 amide bonds. The maximum absolute atomic E-state index is 10.3. The quantitative estimate of drug-likeness (QED) is 0.737. The summed E-state index contributed by atoms with van der Waals surface area (Å²) in [6.07, 6.45) is 8.65. The smallest absolute Gasteiger partial charge is 0.241 e. The summed E-state index contributed by atoms with van der Waals surface area (Å²) in [6, 6.07) is 0. The van der Waals surface area contributed by atoms with E-state index in [9.17, 15) is 5.11 Å². The zero-order chi connectivity index (χ0) is 14.0. The molecule has 106 valence electrons. The van der Waals surface area contributed by atoms with Crippen LogP contribution in [0.5, 0.6) is 0 Å². The van der Waals surface area contributed by atoms with Gasteiger partial charge in [0.25, 0.3) is 0 Å². The van der Waals surface area contributed by atoms with Gasteiger partial charge in [0.15, 0.2) is 0 Å². The van der Waals surface area contributed by atoms with Crippen LogP contribution in [-0.2, 0) is 0 Å². The average molecular weight is 275 g/mol. The van der Waals surface area contributed by atoms with Crippen LogP contribution in [0.4, 0.5) is 11.9 Å². The van der Waals surface area contributed by atoms with Gasteiger partial charge in [0.2, 0.25) is 17.8 Å². The zero-order valence-electron chi connectivity index (χ0n) is 11.0. The maximum Gasteiger partial charge on any atom is 0.241 e. The van der Waals surface area contributed by atoms with Crippen molar-refractivity contribution in [2.75, 3.05) is 17.6 Å². The number of hydrogen-bond acceptors (Lipinski definition) is 7. The third-order valence-electron chi connectivity index (χ3n) is 3.49. The molecule has 8 heteroatoms. The Bertz CT molecular complexity index is 577. The summed E-state index contributed by atoms with van der Waals surface area (Å²) in [7, 11) is 0. The molecule has 0 aliphatic heterocycles. The van der Waals surface area contributed by atoms with E-state index in [0.717, 1.165) is 25.7 Å². The van der Waals surface area contributed by atoms with E-state index in [4.69, 9.17) is 5.73 Å². The first-order chi connectivity index (χ1) is 9.65. The van der Waals surface area contributed by atoms with Crippen molar-refractivity contribution in [1.29, 1.82) is 0 Å². The number of aliphatic hydroxyl groups is 1. The lowest BCUT2D eigenvalue weighted by molar-refractivity contribution is 0.0613. The zero-order valence-corrected chi connectivity index (χ0v) is 11.0. The van der Waals surface area contributed by atoms with Gasteiger partial charge in [-0.1, -0.05) is 12.8 Å². The molecule has 0 aromatic carbocycles. The highest BCUT2D eigenvalue weighted by Gasteiger charge is 2.31. The molecule has 0 radical (unpaired) electrons. The van der Waals surface area contributed by atoms with Crippen molar-refractivity contribution in [2.45, 2.75) is 31.3 Å². The highest BCUT2D eigenvalue weighted by molar-refractivity contribution is 5.35. The molecule has 1 saturated carbocycles. The minimum absolute atomic E-state index is 0.129. The summed E-state index contributed by atoms with van der Waals surface area (Å²) in [5, 5.41) is 13.3. The summed E-state index contributed by atoms with van der Waals surface area (Å²) >= 11 is 0. The highest BCUT2D eigenvalue weighted by atomic mass is 16.3. The normalized spacial score (nSPS) is 17.2. The van der Waals surface area contributed by atoms with E-state index >= 15 is 0 Å². The van der Waals surface area contributed by atoms with Crippen molar-refractivity contribution in [2.24, 2.45) is 0 Å². The van der Waals surface area contributed by atoms with Gasteiger partial charge >= 0.3 is 0 Å². The average Bonchev–Trinajstić information content (AvgIpc) is 3.08. The molecule has 2 aromatic rings. The topological polar surface area (TPSA) is 115 Å². The van der Waals surface area contributed by atoms with Crippen molar-refractivity contribution in [1.82, 2.24) is 24.5 Å². The standard InChI is InChI=1S/C12H17N7O/c13-9-16-10(15-7-12(20)3-1-2-4-12)18-11(17-9)19-6-5-14-8-19/h5-6,8,20H,1-4,7H2,(H3,13,15,16,17,18). The van der Waals surface area contributed by atoms with Crippen LogP contribution in [-0.4, -0.2) is 41.8 Å². The number of rotatable bonds is 4. The molecule has 1 fully saturated rings. The van der Waals surface area contributed by atoms with Gasteiger partial charge in [-0.15, -0.1) is 0 Å². The van der Waals surface area contributed by atoms with Gasteiger partial charge in [0.1, 0.15) is 6.33 Å². The lowest BCUT2D eigenvalue weighted by atomic mass is 10.0. The van der Waals surface area contributed by atoms with E-state index in [1.165, 1.54) is 0 Å². The van der Waals surface area contributed by atoms with Crippen molar-refractivity contribution in [3.05, 3.63) is 18.7 Å². The predicted molar refractivity (Wildman–Crippen MR) is 73.3 cm³/mol. The van der Waals surface area contributed by atoms with Crippen LogP contribution >= 0.6 is 0 Å². The van der Waals surface area contributed by atoms with Gasteiger partial charge in [-0.25, -0.2) is 4.98 Å². The fraction of sp³-hybridized carbons (Fsp3) is 0.500. The molecule has 0 unspecified atom stereocenters. The van der Waals surface area contributed by atoms with Crippen LogP contribution in [0, 0.1) is 0 Å². The molecular formula is C12H17N7O. The van der Waals surface area contributed by atoms with Gasteiger partial charge < -0.3 is 16.2 Å². The summed E-state index contributed by atoms with van der Waals surface area (Å²) in [4.78, 5) is 16.3. The number of hydrogen-bond donors (Lipinski definition) is 3. The van der Waals surface area contributed by atoms with Gasteiger partial charge in [0, 0.05) is 18.9 Å². The monoisotopic (exact) mass is 275 g/mol. The van der Waals surface area contributed by atoms with Crippen LogP contribution in [0.25, 0.3) is 5.95 Å². The SMILES string of the molecule is Nc1nc(NCC2(O)CCCC2)nc(-n2ccnc2)n1. The van der Waals surface area contributed by atoms with Gasteiger partial charge in [-0.3, -0.25) is 4.57 Å². The Morgan fingerprint density at radius 1 is 1.30 bits per heavy atom. The van der Waals surface area contributed by atoms with E-state index in [1.54, 1.807) is 23.3 Å². The van der Waals surface area contributed by atoms with Crippen molar-refractivity contribution >= 4 is 11.9 Å². The number of nitrogen functional groups attached to an aromatic ring is 1. The number of nitrogens with two attached hydrogens (primary N) is 1. The molecule has 0 atom stereocenters. The van der Waals surface area contributed by atoms with Gasteiger partial charge in [-0.2, -0.15) is 15.0 Å². The summed E-state index contributed by atoms with van der Waals surface area (Å²) in [5.74, 6) is 0.891. The number of anilines is 2. The highest BCUT2D eigenvalue weighted by Crippen LogP contribution is 2.29. The van der Waals surface area contributed by atoms with Crippen LogP contribution in [0.2, 0.25) is 0 Å². The Morgan fingerprint density at radius 3 is 2.80 bits per heavy atom. The lowest BCUT2D eigenvalue weighted by Crippen LogP contribution is -2.34. The molecule has 0 spiro atoms. The molecule has 3 rings (SSSR count).